The smallest absolute Gasteiger partial charge is 0.261 e. The SMILES string of the molecule is C=C1N(CCCN2CCCCC2)c2cc(C(=O)N(CCC(C)C)CCC(C)C)ccc2N1C(=O)C1=C(C)CCN(C(C)=O)C1. The number of hydrogen-bond donors (Lipinski definition) is 0. The first-order chi connectivity index (χ1) is 21.0. The van der Waals surface area contributed by atoms with E-state index in [1.165, 1.54) is 19.3 Å². The highest BCUT2D eigenvalue weighted by Crippen LogP contribution is 2.43. The Morgan fingerprint density at radius 3 is 2.18 bits per heavy atom. The molecule has 3 heterocycles. The van der Waals surface area contributed by atoms with Crippen molar-refractivity contribution in [2.24, 2.45) is 11.8 Å². The molecule has 44 heavy (non-hydrogen) atoms. The van der Waals surface area contributed by atoms with Gasteiger partial charge in [0.05, 0.1) is 17.9 Å². The van der Waals surface area contributed by atoms with Gasteiger partial charge in [-0.1, -0.05) is 46.3 Å². The average Bonchev–Trinajstić information content (AvgIpc) is 3.27. The topological polar surface area (TPSA) is 67.4 Å². The van der Waals surface area contributed by atoms with Crippen LogP contribution in [0.15, 0.2) is 41.7 Å². The lowest BCUT2D eigenvalue weighted by atomic mass is 10.00. The van der Waals surface area contributed by atoms with Crippen LogP contribution >= 0.6 is 0 Å². The number of rotatable bonds is 12. The average molecular weight is 606 g/mol. The number of amides is 3. The lowest BCUT2D eigenvalue weighted by Gasteiger charge is -2.31. The van der Waals surface area contributed by atoms with Crippen molar-refractivity contribution in [3.63, 3.8) is 0 Å². The third-order valence-corrected chi connectivity index (χ3v) is 9.40. The van der Waals surface area contributed by atoms with Crippen LogP contribution in [0.1, 0.15) is 96.8 Å². The summed E-state index contributed by atoms with van der Waals surface area (Å²) in [4.78, 5) is 50.4. The molecule has 0 saturated carbocycles. The maximum Gasteiger partial charge on any atom is 0.261 e. The molecule has 3 aliphatic heterocycles. The Balaban J connectivity index is 1.64. The Hall–Kier alpha value is -3.13. The fourth-order valence-electron chi connectivity index (χ4n) is 6.41. The van der Waals surface area contributed by atoms with Crippen LogP contribution in [0.4, 0.5) is 11.4 Å². The number of hydrogen-bond acceptors (Lipinski definition) is 5. The van der Waals surface area contributed by atoms with Gasteiger partial charge in [0.25, 0.3) is 11.8 Å². The third kappa shape index (κ3) is 8.12. The molecule has 1 aromatic rings. The van der Waals surface area contributed by atoms with Crippen molar-refractivity contribution in [1.29, 1.82) is 0 Å². The summed E-state index contributed by atoms with van der Waals surface area (Å²) in [5.74, 6) is 1.53. The van der Waals surface area contributed by atoms with E-state index in [0.29, 0.717) is 54.8 Å². The van der Waals surface area contributed by atoms with Crippen LogP contribution in [0.2, 0.25) is 0 Å². The number of likely N-dealkylation sites (tertiary alicyclic amines) is 1. The van der Waals surface area contributed by atoms with Gasteiger partial charge >= 0.3 is 0 Å². The third-order valence-electron chi connectivity index (χ3n) is 9.40. The van der Waals surface area contributed by atoms with E-state index in [1.54, 1.807) is 16.7 Å². The van der Waals surface area contributed by atoms with Crippen molar-refractivity contribution >= 4 is 29.1 Å². The summed E-state index contributed by atoms with van der Waals surface area (Å²) < 4.78 is 0. The number of carbonyl (C=O) groups excluding carboxylic acids is 3. The molecule has 0 N–H and O–H groups in total. The Labute approximate surface area is 265 Å². The molecule has 3 amide bonds. The van der Waals surface area contributed by atoms with Crippen LogP contribution in [0.3, 0.4) is 0 Å². The van der Waals surface area contributed by atoms with Gasteiger partial charge in [-0.25, -0.2) is 0 Å². The number of carbonyl (C=O) groups is 3. The van der Waals surface area contributed by atoms with Gasteiger partial charge < -0.3 is 19.6 Å². The highest BCUT2D eigenvalue weighted by molar-refractivity contribution is 6.13. The highest BCUT2D eigenvalue weighted by atomic mass is 16.2. The van der Waals surface area contributed by atoms with Gasteiger partial charge in [-0.3, -0.25) is 19.3 Å². The minimum absolute atomic E-state index is 0.0228. The van der Waals surface area contributed by atoms with Crippen molar-refractivity contribution in [1.82, 2.24) is 14.7 Å². The van der Waals surface area contributed by atoms with Crippen LogP contribution in [0.5, 0.6) is 0 Å². The highest BCUT2D eigenvalue weighted by Gasteiger charge is 2.38. The maximum absolute atomic E-state index is 14.2. The van der Waals surface area contributed by atoms with E-state index in [0.717, 1.165) is 68.9 Å². The van der Waals surface area contributed by atoms with Crippen molar-refractivity contribution in [3.05, 3.63) is 47.3 Å². The molecule has 0 bridgehead atoms. The quantitative estimate of drug-likeness (QED) is 0.280. The van der Waals surface area contributed by atoms with E-state index in [2.05, 4.69) is 44.1 Å². The predicted molar refractivity (Wildman–Crippen MR) is 180 cm³/mol. The monoisotopic (exact) mass is 605 g/mol. The molecule has 242 valence electrons. The van der Waals surface area contributed by atoms with E-state index in [9.17, 15) is 14.4 Å². The fraction of sp³-hybridized carbons (Fsp3) is 0.639. The van der Waals surface area contributed by atoms with E-state index in [4.69, 9.17) is 0 Å². The summed E-state index contributed by atoms with van der Waals surface area (Å²) in [6.45, 7) is 23.1. The summed E-state index contributed by atoms with van der Waals surface area (Å²) in [6.07, 6.45) is 7.36. The number of nitrogens with zero attached hydrogens (tertiary/aromatic N) is 5. The molecule has 1 fully saturated rings. The van der Waals surface area contributed by atoms with Crippen molar-refractivity contribution in [2.75, 3.05) is 62.2 Å². The van der Waals surface area contributed by atoms with Gasteiger partial charge in [0.15, 0.2) is 0 Å². The molecular weight excluding hydrogens is 550 g/mol. The molecule has 0 atom stereocenters. The molecular formula is C36H55N5O3. The Kier molecular flexibility index (Phi) is 11.7. The molecule has 0 unspecified atom stereocenters. The molecule has 0 spiro atoms. The van der Waals surface area contributed by atoms with E-state index in [1.807, 2.05) is 30.0 Å². The Morgan fingerprint density at radius 2 is 1.57 bits per heavy atom. The van der Waals surface area contributed by atoms with Crippen LogP contribution in [-0.2, 0) is 9.59 Å². The zero-order valence-corrected chi connectivity index (χ0v) is 28.2. The molecule has 0 radical (unpaired) electrons. The minimum Gasteiger partial charge on any atom is -0.339 e. The van der Waals surface area contributed by atoms with E-state index in [-0.39, 0.29) is 17.7 Å². The zero-order valence-electron chi connectivity index (χ0n) is 28.2. The number of piperidine rings is 1. The Morgan fingerprint density at radius 1 is 0.909 bits per heavy atom. The second kappa shape index (κ2) is 15.2. The Bertz CT molecular complexity index is 1230. The van der Waals surface area contributed by atoms with E-state index < -0.39 is 0 Å². The first-order valence-electron chi connectivity index (χ1n) is 16.9. The number of anilines is 2. The number of fused-ring (bicyclic) bond motifs is 1. The first-order valence-corrected chi connectivity index (χ1v) is 16.9. The van der Waals surface area contributed by atoms with Crippen LogP contribution in [0.25, 0.3) is 0 Å². The summed E-state index contributed by atoms with van der Waals surface area (Å²) in [6, 6.07) is 5.76. The van der Waals surface area contributed by atoms with Gasteiger partial charge in [-0.05, 0) is 95.1 Å². The fourth-order valence-corrected chi connectivity index (χ4v) is 6.41. The summed E-state index contributed by atoms with van der Waals surface area (Å²) in [5.41, 5.74) is 3.93. The first kappa shape index (κ1) is 33.8. The lowest BCUT2D eigenvalue weighted by Crippen LogP contribution is -2.42. The standard InChI is InChI=1S/C36H55N5O3/c1-26(2)14-21-38(22-15-27(3)4)35(43)31-12-13-33-34(24-31)40(20-11-19-37-17-9-8-10-18-37)29(6)41(33)36(44)32-25-39(30(7)42)23-16-28(32)5/h12-13,24,26-27H,6,8-11,14-23,25H2,1-5,7H3. The summed E-state index contributed by atoms with van der Waals surface area (Å²) >= 11 is 0. The van der Waals surface area contributed by atoms with Crippen molar-refractivity contribution in [3.8, 4) is 0 Å². The van der Waals surface area contributed by atoms with Gasteiger partial charge in [-0.15, -0.1) is 0 Å². The molecule has 3 aliphatic rings. The molecule has 8 nitrogen and oxygen atoms in total. The zero-order chi connectivity index (χ0) is 32.0. The summed E-state index contributed by atoms with van der Waals surface area (Å²) in [7, 11) is 0. The molecule has 0 aromatic heterocycles. The molecule has 1 aromatic carbocycles. The minimum atomic E-state index is -0.132. The largest absolute Gasteiger partial charge is 0.339 e. The lowest BCUT2D eigenvalue weighted by molar-refractivity contribution is -0.128. The molecule has 4 rings (SSSR count). The molecule has 8 heteroatoms. The van der Waals surface area contributed by atoms with Gasteiger partial charge in [0, 0.05) is 44.2 Å². The van der Waals surface area contributed by atoms with Gasteiger partial charge in [-0.2, -0.15) is 0 Å². The van der Waals surface area contributed by atoms with Crippen molar-refractivity contribution in [2.45, 2.75) is 86.5 Å². The molecule has 0 aliphatic carbocycles. The van der Waals surface area contributed by atoms with Crippen LogP contribution < -0.4 is 9.80 Å². The van der Waals surface area contributed by atoms with E-state index >= 15 is 0 Å². The predicted octanol–water partition coefficient (Wildman–Crippen LogP) is 6.29. The maximum atomic E-state index is 14.2. The normalized spacial score (nSPS) is 17.6. The summed E-state index contributed by atoms with van der Waals surface area (Å²) in [5, 5.41) is 0. The second-order valence-corrected chi connectivity index (χ2v) is 13.8. The molecule has 1 saturated heterocycles. The van der Waals surface area contributed by atoms with Crippen LogP contribution in [0, 0.1) is 11.8 Å². The van der Waals surface area contributed by atoms with Gasteiger partial charge in [0.1, 0.15) is 5.82 Å². The van der Waals surface area contributed by atoms with Crippen molar-refractivity contribution < 1.29 is 14.4 Å². The number of benzene rings is 1. The van der Waals surface area contributed by atoms with Gasteiger partial charge in [0.2, 0.25) is 5.91 Å². The second-order valence-electron chi connectivity index (χ2n) is 13.8. The van der Waals surface area contributed by atoms with Crippen LogP contribution in [-0.4, -0.2) is 84.8 Å².